The Balaban J connectivity index is 1.71. The quantitative estimate of drug-likeness (QED) is 0.787. The van der Waals surface area contributed by atoms with Gasteiger partial charge in [-0.3, -0.25) is 9.78 Å². The van der Waals surface area contributed by atoms with Gasteiger partial charge in [-0.25, -0.2) is 0 Å². The van der Waals surface area contributed by atoms with Crippen LogP contribution in [-0.2, 0) is 11.2 Å². The van der Waals surface area contributed by atoms with E-state index in [1.165, 1.54) is 0 Å². The third-order valence-corrected chi connectivity index (χ3v) is 3.10. The number of fused-ring (bicyclic) bond motifs is 1. The molecule has 1 aromatic carbocycles. The van der Waals surface area contributed by atoms with Gasteiger partial charge in [-0.05, 0) is 36.4 Å². The van der Waals surface area contributed by atoms with E-state index in [9.17, 15) is 4.79 Å². The molecule has 0 atom stereocenters. The number of anilines is 1. The molecule has 0 aliphatic rings. The van der Waals surface area contributed by atoms with Gasteiger partial charge < -0.3 is 9.73 Å². The minimum Gasteiger partial charge on any atom is -0.469 e. The average Bonchev–Trinajstić information content (AvgIpc) is 2.99. The summed E-state index contributed by atoms with van der Waals surface area (Å²) in [7, 11) is 0. The van der Waals surface area contributed by atoms with Gasteiger partial charge in [0.2, 0.25) is 5.91 Å². The minimum atomic E-state index is -0.0299. The molecule has 3 rings (SSSR count). The molecule has 4 nitrogen and oxygen atoms in total. The summed E-state index contributed by atoms with van der Waals surface area (Å²) in [5, 5.41) is 3.87. The number of carbonyl (C=O) groups is 1. The molecule has 2 aromatic heterocycles. The van der Waals surface area contributed by atoms with Crippen LogP contribution >= 0.6 is 0 Å². The van der Waals surface area contributed by atoms with E-state index in [4.69, 9.17) is 4.42 Å². The SMILES string of the molecule is O=C(CCc1ccco1)Nc1cccc2ncccc12. The van der Waals surface area contributed by atoms with Crippen LogP contribution in [0.3, 0.4) is 0 Å². The number of pyridine rings is 1. The van der Waals surface area contributed by atoms with Gasteiger partial charge in [0.15, 0.2) is 0 Å². The summed E-state index contributed by atoms with van der Waals surface area (Å²) in [4.78, 5) is 16.2. The third-order valence-electron chi connectivity index (χ3n) is 3.10. The molecular formula is C16H14N2O2. The summed E-state index contributed by atoms with van der Waals surface area (Å²) < 4.78 is 5.21. The van der Waals surface area contributed by atoms with Crippen molar-refractivity contribution < 1.29 is 9.21 Å². The molecular weight excluding hydrogens is 252 g/mol. The topological polar surface area (TPSA) is 55.1 Å². The third kappa shape index (κ3) is 2.69. The van der Waals surface area contributed by atoms with Crippen molar-refractivity contribution in [1.29, 1.82) is 0 Å². The van der Waals surface area contributed by atoms with Gasteiger partial charge in [-0.2, -0.15) is 0 Å². The van der Waals surface area contributed by atoms with Crippen molar-refractivity contribution in [3.63, 3.8) is 0 Å². The van der Waals surface area contributed by atoms with Gasteiger partial charge in [0, 0.05) is 24.4 Å². The largest absolute Gasteiger partial charge is 0.469 e. The molecule has 0 saturated carbocycles. The summed E-state index contributed by atoms with van der Waals surface area (Å²) in [6.45, 7) is 0. The number of aryl methyl sites for hydroxylation is 1. The fourth-order valence-corrected chi connectivity index (χ4v) is 2.12. The van der Waals surface area contributed by atoms with E-state index >= 15 is 0 Å². The Morgan fingerprint density at radius 2 is 2.10 bits per heavy atom. The van der Waals surface area contributed by atoms with Crippen LogP contribution in [0.5, 0.6) is 0 Å². The molecule has 0 unspecified atom stereocenters. The monoisotopic (exact) mass is 266 g/mol. The first-order valence-corrected chi connectivity index (χ1v) is 6.49. The Morgan fingerprint density at radius 3 is 2.95 bits per heavy atom. The first-order chi connectivity index (χ1) is 9.83. The number of hydrogen-bond donors (Lipinski definition) is 1. The number of aromatic nitrogens is 1. The number of furan rings is 1. The molecule has 0 saturated heterocycles. The summed E-state index contributed by atoms with van der Waals surface area (Å²) in [5.74, 6) is 0.789. The van der Waals surface area contributed by atoms with Crippen LogP contribution in [0.2, 0.25) is 0 Å². The zero-order valence-electron chi connectivity index (χ0n) is 10.9. The van der Waals surface area contributed by atoms with Crippen molar-refractivity contribution >= 4 is 22.5 Å². The smallest absolute Gasteiger partial charge is 0.224 e. The maximum atomic E-state index is 12.0. The fourth-order valence-electron chi connectivity index (χ4n) is 2.12. The second-order valence-corrected chi connectivity index (χ2v) is 4.50. The highest BCUT2D eigenvalue weighted by molar-refractivity contribution is 6.00. The van der Waals surface area contributed by atoms with E-state index in [2.05, 4.69) is 10.3 Å². The van der Waals surface area contributed by atoms with Crippen LogP contribution in [0.15, 0.2) is 59.3 Å². The van der Waals surface area contributed by atoms with Gasteiger partial charge in [-0.1, -0.05) is 6.07 Å². The molecule has 100 valence electrons. The van der Waals surface area contributed by atoms with Crippen molar-refractivity contribution in [2.45, 2.75) is 12.8 Å². The van der Waals surface area contributed by atoms with E-state index in [-0.39, 0.29) is 5.91 Å². The Bertz CT molecular complexity index is 715. The van der Waals surface area contributed by atoms with E-state index in [1.807, 2.05) is 42.5 Å². The molecule has 0 spiro atoms. The van der Waals surface area contributed by atoms with Crippen molar-refractivity contribution in [1.82, 2.24) is 4.98 Å². The van der Waals surface area contributed by atoms with Crippen LogP contribution in [0.25, 0.3) is 10.9 Å². The fraction of sp³-hybridized carbons (Fsp3) is 0.125. The Hall–Kier alpha value is -2.62. The Labute approximate surface area is 116 Å². The van der Waals surface area contributed by atoms with Gasteiger partial charge in [0.1, 0.15) is 5.76 Å². The van der Waals surface area contributed by atoms with E-state index in [0.717, 1.165) is 22.4 Å². The summed E-state index contributed by atoms with van der Waals surface area (Å²) in [6.07, 6.45) is 4.35. The number of hydrogen-bond acceptors (Lipinski definition) is 3. The molecule has 20 heavy (non-hydrogen) atoms. The van der Waals surface area contributed by atoms with Crippen molar-refractivity contribution in [3.05, 3.63) is 60.7 Å². The number of carbonyl (C=O) groups excluding carboxylic acids is 1. The molecule has 0 radical (unpaired) electrons. The lowest BCUT2D eigenvalue weighted by molar-refractivity contribution is -0.116. The summed E-state index contributed by atoms with van der Waals surface area (Å²) >= 11 is 0. The standard InChI is InChI=1S/C16H14N2O2/c19-16(9-8-12-4-3-11-20-12)18-15-7-1-6-14-13(15)5-2-10-17-14/h1-7,10-11H,8-9H2,(H,18,19). The minimum absolute atomic E-state index is 0.0299. The van der Waals surface area contributed by atoms with Crippen LogP contribution in [0.4, 0.5) is 5.69 Å². The number of rotatable bonds is 4. The zero-order chi connectivity index (χ0) is 13.8. The molecule has 2 heterocycles. The average molecular weight is 266 g/mol. The highest BCUT2D eigenvalue weighted by Gasteiger charge is 2.07. The van der Waals surface area contributed by atoms with E-state index in [0.29, 0.717) is 12.8 Å². The lowest BCUT2D eigenvalue weighted by atomic mass is 10.1. The van der Waals surface area contributed by atoms with Crippen molar-refractivity contribution in [2.24, 2.45) is 0 Å². The first kappa shape index (κ1) is 12.4. The molecule has 0 bridgehead atoms. The second-order valence-electron chi connectivity index (χ2n) is 4.50. The van der Waals surface area contributed by atoms with Crippen LogP contribution in [0.1, 0.15) is 12.2 Å². The molecule has 0 fully saturated rings. The van der Waals surface area contributed by atoms with Crippen LogP contribution in [0, 0.1) is 0 Å². The van der Waals surface area contributed by atoms with Crippen molar-refractivity contribution in [2.75, 3.05) is 5.32 Å². The van der Waals surface area contributed by atoms with Crippen molar-refractivity contribution in [3.8, 4) is 0 Å². The Morgan fingerprint density at radius 1 is 1.15 bits per heavy atom. The molecule has 1 amide bonds. The van der Waals surface area contributed by atoms with Crippen LogP contribution in [-0.4, -0.2) is 10.9 Å². The maximum Gasteiger partial charge on any atom is 0.224 e. The highest BCUT2D eigenvalue weighted by atomic mass is 16.3. The number of nitrogens with zero attached hydrogens (tertiary/aromatic N) is 1. The lowest BCUT2D eigenvalue weighted by Crippen LogP contribution is -2.12. The van der Waals surface area contributed by atoms with Gasteiger partial charge in [-0.15, -0.1) is 0 Å². The lowest BCUT2D eigenvalue weighted by Gasteiger charge is -2.07. The van der Waals surface area contributed by atoms with Crippen LogP contribution < -0.4 is 5.32 Å². The predicted molar refractivity (Wildman–Crippen MR) is 77.4 cm³/mol. The normalized spacial score (nSPS) is 10.6. The molecule has 0 aliphatic heterocycles. The summed E-state index contributed by atoms with van der Waals surface area (Å²) in [5.41, 5.74) is 1.66. The molecule has 3 aromatic rings. The van der Waals surface area contributed by atoms with E-state index in [1.54, 1.807) is 12.5 Å². The van der Waals surface area contributed by atoms with Gasteiger partial charge in [0.25, 0.3) is 0 Å². The number of benzene rings is 1. The summed E-state index contributed by atoms with van der Waals surface area (Å²) in [6, 6.07) is 13.2. The maximum absolute atomic E-state index is 12.0. The Kier molecular flexibility index (Phi) is 3.46. The second kappa shape index (κ2) is 5.57. The molecule has 1 N–H and O–H groups in total. The highest BCUT2D eigenvalue weighted by Crippen LogP contribution is 2.21. The zero-order valence-corrected chi connectivity index (χ0v) is 10.9. The van der Waals surface area contributed by atoms with Gasteiger partial charge in [0.05, 0.1) is 17.5 Å². The number of nitrogens with one attached hydrogen (secondary N) is 1. The predicted octanol–water partition coefficient (Wildman–Crippen LogP) is 3.40. The van der Waals surface area contributed by atoms with E-state index < -0.39 is 0 Å². The van der Waals surface area contributed by atoms with Gasteiger partial charge >= 0.3 is 0 Å². The molecule has 0 aliphatic carbocycles. The first-order valence-electron chi connectivity index (χ1n) is 6.49. The number of amides is 1. The molecule has 4 heteroatoms.